The Bertz CT molecular complexity index is 428. The molecule has 1 aliphatic heterocycles. The number of anilines is 1. The van der Waals surface area contributed by atoms with Crippen molar-refractivity contribution in [1.29, 1.82) is 0 Å². The number of amides is 1. The van der Waals surface area contributed by atoms with Crippen molar-refractivity contribution in [3.63, 3.8) is 0 Å². The van der Waals surface area contributed by atoms with Gasteiger partial charge in [0.2, 0.25) is 5.91 Å². The molecule has 1 heterocycles. The third-order valence-electron chi connectivity index (χ3n) is 2.88. The molecule has 104 valence electrons. The van der Waals surface area contributed by atoms with E-state index in [0.29, 0.717) is 15.7 Å². The number of halogens is 2. The topological polar surface area (TPSA) is 50.4 Å². The van der Waals surface area contributed by atoms with Crippen LogP contribution in [0.4, 0.5) is 5.69 Å². The van der Waals surface area contributed by atoms with Crippen molar-refractivity contribution in [2.24, 2.45) is 0 Å². The molecule has 1 fully saturated rings. The summed E-state index contributed by atoms with van der Waals surface area (Å²) in [5.41, 5.74) is 0.580. The number of hydrogen-bond acceptors (Lipinski definition) is 3. The maximum absolute atomic E-state index is 11.7. The van der Waals surface area contributed by atoms with Crippen LogP contribution < -0.4 is 10.6 Å². The molecule has 1 aromatic carbocycles. The average molecular weight is 303 g/mol. The Balaban J connectivity index is 1.80. The molecule has 1 aromatic rings. The monoisotopic (exact) mass is 302 g/mol. The standard InChI is InChI=1S/C13H16Cl2N2O2/c14-9-5-10(15)7-11(6-9)17-13(18)8-19-12-1-3-16-4-2-12/h5-7,12,16H,1-4,8H2,(H,17,18). The van der Waals surface area contributed by atoms with Crippen LogP contribution in [-0.4, -0.2) is 31.7 Å². The van der Waals surface area contributed by atoms with Crippen LogP contribution in [-0.2, 0) is 9.53 Å². The van der Waals surface area contributed by atoms with Gasteiger partial charge in [0.25, 0.3) is 0 Å². The zero-order valence-electron chi connectivity index (χ0n) is 10.4. The number of piperidine rings is 1. The fourth-order valence-electron chi connectivity index (χ4n) is 1.98. The summed E-state index contributed by atoms with van der Waals surface area (Å²) in [4.78, 5) is 11.7. The van der Waals surface area contributed by atoms with Gasteiger partial charge in [-0.15, -0.1) is 0 Å². The zero-order chi connectivity index (χ0) is 13.7. The SMILES string of the molecule is O=C(COC1CCNCC1)Nc1cc(Cl)cc(Cl)c1. The molecule has 0 spiro atoms. The van der Waals surface area contributed by atoms with E-state index in [2.05, 4.69) is 10.6 Å². The van der Waals surface area contributed by atoms with Gasteiger partial charge in [-0.05, 0) is 44.1 Å². The molecule has 0 unspecified atom stereocenters. The van der Waals surface area contributed by atoms with E-state index in [1.807, 2.05) is 0 Å². The molecule has 1 aliphatic rings. The molecule has 1 saturated heterocycles. The maximum Gasteiger partial charge on any atom is 0.250 e. The Morgan fingerprint density at radius 3 is 2.53 bits per heavy atom. The second-order valence-electron chi connectivity index (χ2n) is 4.47. The normalized spacial score (nSPS) is 16.3. The molecule has 0 bridgehead atoms. The highest BCUT2D eigenvalue weighted by Crippen LogP contribution is 2.22. The minimum atomic E-state index is -0.197. The Hall–Kier alpha value is -0.810. The van der Waals surface area contributed by atoms with Gasteiger partial charge in [-0.3, -0.25) is 4.79 Å². The van der Waals surface area contributed by atoms with Crippen molar-refractivity contribution in [2.45, 2.75) is 18.9 Å². The number of hydrogen-bond donors (Lipinski definition) is 2. The number of rotatable bonds is 4. The second-order valence-corrected chi connectivity index (χ2v) is 5.34. The first-order valence-electron chi connectivity index (χ1n) is 6.22. The molecule has 6 heteroatoms. The first kappa shape index (κ1) is 14.6. The van der Waals surface area contributed by atoms with Crippen molar-refractivity contribution >= 4 is 34.8 Å². The smallest absolute Gasteiger partial charge is 0.250 e. The van der Waals surface area contributed by atoms with Gasteiger partial charge in [0.05, 0.1) is 6.10 Å². The summed E-state index contributed by atoms with van der Waals surface area (Å²) < 4.78 is 5.56. The van der Waals surface area contributed by atoms with E-state index in [1.54, 1.807) is 18.2 Å². The number of ether oxygens (including phenoxy) is 1. The van der Waals surface area contributed by atoms with E-state index < -0.39 is 0 Å². The van der Waals surface area contributed by atoms with Crippen molar-refractivity contribution in [3.8, 4) is 0 Å². The predicted octanol–water partition coefficient (Wildman–Crippen LogP) is 2.70. The van der Waals surface area contributed by atoms with E-state index >= 15 is 0 Å². The van der Waals surface area contributed by atoms with Gasteiger partial charge in [0, 0.05) is 15.7 Å². The van der Waals surface area contributed by atoms with Gasteiger partial charge in [0.1, 0.15) is 6.61 Å². The molecular formula is C13H16Cl2N2O2. The fourth-order valence-corrected chi connectivity index (χ4v) is 2.50. The molecule has 0 aliphatic carbocycles. The van der Waals surface area contributed by atoms with Crippen LogP contribution in [0.15, 0.2) is 18.2 Å². The lowest BCUT2D eigenvalue weighted by atomic mass is 10.1. The van der Waals surface area contributed by atoms with Gasteiger partial charge in [-0.2, -0.15) is 0 Å². The van der Waals surface area contributed by atoms with Gasteiger partial charge >= 0.3 is 0 Å². The van der Waals surface area contributed by atoms with E-state index in [0.717, 1.165) is 25.9 Å². The third-order valence-corrected chi connectivity index (χ3v) is 3.32. The molecular weight excluding hydrogens is 287 g/mol. The van der Waals surface area contributed by atoms with Crippen LogP contribution in [0.25, 0.3) is 0 Å². The number of carbonyl (C=O) groups excluding carboxylic acids is 1. The van der Waals surface area contributed by atoms with Crippen molar-refractivity contribution in [1.82, 2.24) is 5.32 Å². The fraction of sp³-hybridized carbons (Fsp3) is 0.462. The Kier molecular flexibility index (Phi) is 5.45. The van der Waals surface area contributed by atoms with Gasteiger partial charge in [-0.1, -0.05) is 23.2 Å². The third kappa shape index (κ3) is 4.99. The maximum atomic E-state index is 11.7. The summed E-state index contributed by atoms with van der Waals surface area (Å²) in [6.45, 7) is 1.93. The van der Waals surface area contributed by atoms with E-state index in [9.17, 15) is 4.79 Å². The molecule has 0 saturated carbocycles. The predicted molar refractivity (Wildman–Crippen MR) is 76.9 cm³/mol. The second kappa shape index (κ2) is 7.10. The highest BCUT2D eigenvalue weighted by Gasteiger charge is 2.14. The van der Waals surface area contributed by atoms with Crippen LogP contribution in [0.1, 0.15) is 12.8 Å². The first-order valence-corrected chi connectivity index (χ1v) is 6.97. The van der Waals surface area contributed by atoms with E-state index in [1.165, 1.54) is 0 Å². The molecule has 4 nitrogen and oxygen atoms in total. The van der Waals surface area contributed by atoms with Crippen molar-refractivity contribution in [2.75, 3.05) is 25.0 Å². The van der Waals surface area contributed by atoms with Crippen LogP contribution in [0.5, 0.6) is 0 Å². The summed E-state index contributed by atoms with van der Waals surface area (Å²) >= 11 is 11.7. The van der Waals surface area contributed by atoms with Gasteiger partial charge in [0.15, 0.2) is 0 Å². The molecule has 2 N–H and O–H groups in total. The minimum absolute atomic E-state index is 0.0504. The number of benzene rings is 1. The summed E-state index contributed by atoms with van der Waals surface area (Å²) in [7, 11) is 0. The van der Waals surface area contributed by atoms with Crippen molar-refractivity contribution in [3.05, 3.63) is 28.2 Å². The van der Waals surface area contributed by atoms with Crippen LogP contribution in [0.2, 0.25) is 10.0 Å². The number of carbonyl (C=O) groups is 1. The Labute approximate surface area is 122 Å². The molecule has 2 rings (SSSR count). The Morgan fingerprint density at radius 1 is 1.26 bits per heavy atom. The summed E-state index contributed by atoms with van der Waals surface area (Å²) in [5.74, 6) is -0.197. The van der Waals surface area contributed by atoms with Gasteiger partial charge in [-0.25, -0.2) is 0 Å². The lowest BCUT2D eigenvalue weighted by Crippen LogP contribution is -2.34. The van der Waals surface area contributed by atoms with Crippen molar-refractivity contribution < 1.29 is 9.53 Å². The van der Waals surface area contributed by atoms with E-state index in [-0.39, 0.29) is 18.6 Å². The van der Waals surface area contributed by atoms with Gasteiger partial charge < -0.3 is 15.4 Å². The summed E-state index contributed by atoms with van der Waals surface area (Å²) in [6.07, 6.45) is 2.04. The molecule has 0 aromatic heterocycles. The van der Waals surface area contributed by atoms with E-state index in [4.69, 9.17) is 27.9 Å². The average Bonchev–Trinajstić information content (AvgIpc) is 2.36. The highest BCUT2D eigenvalue weighted by molar-refractivity contribution is 6.35. The lowest BCUT2D eigenvalue weighted by Gasteiger charge is -2.22. The first-order chi connectivity index (χ1) is 9.13. The zero-order valence-corrected chi connectivity index (χ0v) is 11.9. The lowest BCUT2D eigenvalue weighted by molar-refractivity contribution is -0.123. The largest absolute Gasteiger partial charge is 0.368 e. The number of nitrogens with one attached hydrogen (secondary N) is 2. The minimum Gasteiger partial charge on any atom is -0.368 e. The molecule has 0 atom stereocenters. The molecule has 0 radical (unpaired) electrons. The Morgan fingerprint density at radius 2 is 1.89 bits per heavy atom. The quantitative estimate of drug-likeness (QED) is 0.899. The van der Waals surface area contributed by atoms with Crippen LogP contribution in [0.3, 0.4) is 0 Å². The summed E-state index contributed by atoms with van der Waals surface area (Å²) in [5, 5.41) is 6.94. The van der Waals surface area contributed by atoms with Crippen LogP contribution >= 0.6 is 23.2 Å². The molecule has 19 heavy (non-hydrogen) atoms. The summed E-state index contributed by atoms with van der Waals surface area (Å²) in [6, 6.07) is 4.91. The van der Waals surface area contributed by atoms with Crippen LogP contribution in [0, 0.1) is 0 Å². The molecule has 1 amide bonds. The highest BCUT2D eigenvalue weighted by atomic mass is 35.5.